The summed E-state index contributed by atoms with van der Waals surface area (Å²) in [6.07, 6.45) is 4.04. The van der Waals surface area contributed by atoms with Crippen LogP contribution in [0.2, 0.25) is 0 Å². The third kappa shape index (κ3) is 9.12. The van der Waals surface area contributed by atoms with Gasteiger partial charge in [0, 0.05) is 18.3 Å². The van der Waals surface area contributed by atoms with Crippen LogP contribution >= 0.6 is 0 Å². The topological polar surface area (TPSA) is 179 Å². The predicted molar refractivity (Wildman–Crippen MR) is 127 cm³/mol. The number of amides is 3. The fraction of sp³-hybridized carbons (Fsp3) is 0.696. The smallest absolute Gasteiger partial charge is 0.326 e. The molecule has 0 aliphatic heterocycles. The Labute approximate surface area is 201 Å². The summed E-state index contributed by atoms with van der Waals surface area (Å²) in [4.78, 5) is 57.2. The molecule has 0 fully saturated rings. The summed E-state index contributed by atoms with van der Waals surface area (Å²) in [7, 11) is 0. The van der Waals surface area contributed by atoms with E-state index in [-0.39, 0.29) is 24.2 Å². The summed E-state index contributed by atoms with van der Waals surface area (Å²) in [5.41, 5.74) is 6.54. The minimum absolute atomic E-state index is 0.0655. The number of hydrogen-bond donors (Lipinski definition) is 6. The molecule has 192 valence electrons. The van der Waals surface area contributed by atoms with Crippen molar-refractivity contribution in [3.05, 3.63) is 18.2 Å². The lowest BCUT2D eigenvalue weighted by molar-refractivity contribution is -0.143. The van der Waals surface area contributed by atoms with E-state index in [1.165, 1.54) is 12.5 Å². The number of nitrogens with two attached hydrogens (primary N) is 1. The summed E-state index contributed by atoms with van der Waals surface area (Å²) in [6, 6.07) is -3.87. The number of imidazole rings is 1. The molecule has 0 bridgehead atoms. The van der Waals surface area contributed by atoms with Gasteiger partial charge in [-0.05, 0) is 24.2 Å². The molecule has 0 aromatic carbocycles. The fourth-order valence-electron chi connectivity index (χ4n) is 3.43. The zero-order valence-electron chi connectivity index (χ0n) is 20.9. The number of carbonyl (C=O) groups excluding carboxylic acids is 3. The zero-order chi connectivity index (χ0) is 26.0. The Morgan fingerprint density at radius 2 is 1.62 bits per heavy atom. The van der Waals surface area contributed by atoms with Gasteiger partial charge in [-0.3, -0.25) is 14.4 Å². The van der Waals surface area contributed by atoms with Crippen LogP contribution in [-0.4, -0.2) is 62.9 Å². The van der Waals surface area contributed by atoms with Crippen LogP contribution in [0, 0.1) is 17.8 Å². The minimum Gasteiger partial charge on any atom is -0.480 e. The number of nitrogens with zero attached hydrogens (tertiary/aromatic N) is 1. The van der Waals surface area contributed by atoms with Crippen LogP contribution < -0.4 is 21.7 Å². The molecule has 34 heavy (non-hydrogen) atoms. The van der Waals surface area contributed by atoms with E-state index in [1.54, 1.807) is 20.8 Å². The zero-order valence-corrected chi connectivity index (χ0v) is 20.9. The number of carboxylic acids is 1. The molecule has 7 N–H and O–H groups in total. The van der Waals surface area contributed by atoms with Gasteiger partial charge in [0.05, 0.1) is 12.4 Å². The molecule has 0 aliphatic carbocycles. The quantitative estimate of drug-likeness (QED) is 0.225. The van der Waals surface area contributed by atoms with Gasteiger partial charge < -0.3 is 31.8 Å². The van der Waals surface area contributed by atoms with Crippen molar-refractivity contribution >= 4 is 23.7 Å². The van der Waals surface area contributed by atoms with E-state index in [4.69, 9.17) is 5.73 Å². The van der Waals surface area contributed by atoms with Crippen molar-refractivity contribution in [2.45, 2.75) is 85.0 Å². The fourth-order valence-corrected chi connectivity index (χ4v) is 3.43. The van der Waals surface area contributed by atoms with Crippen molar-refractivity contribution in [3.8, 4) is 0 Å². The van der Waals surface area contributed by atoms with Crippen LogP contribution in [0.5, 0.6) is 0 Å². The lowest BCUT2D eigenvalue weighted by Gasteiger charge is -2.28. The molecule has 3 amide bonds. The van der Waals surface area contributed by atoms with Crippen LogP contribution in [0.3, 0.4) is 0 Å². The third-order valence-electron chi connectivity index (χ3n) is 5.70. The van der Waals surface area contributed by atoms with Crippen molar-refractivity contribution < 1.29 is 24.3 Å². The SMILES string of the molecule is CCC(C)C(NC(=O)C(Cc1cnc[nH]1)NC(=O)C(NC(=O)C(N)CC(C)C)C(C)C)C(=O)O. The number of carbonyl (C=O) groups is 4. The van der Waals surface area contributed by atoms with E-state index in [9.17, 15) is 24.3 Å². The summed E-state index contributed by atoms with van der Waals surface area (Å²) < 4.78 is 0. The first-order valence-electron chi connectivity index (χ1n) is 11.7. The molecule has 0 radical (unpaired) electrons. The summed E-state index contributed by atoms with van der Waals surface area (Å²) in [5.74, 6) is -3.17. The number of carboxylic acid groups (broad SMARTS) is 1. The standard InChI is InChI=1S/C23H40N6O5/c1-7-14(6)19(23(33)34)29-21(31)17(9-15-10-25-11-26-15)27-22(32)18(13(4)5)28-20(30)16(24)8-12(2)3/h10-14,16-19H,7-9,24H2,1-6H3,(H,25,26)(H,27,32)(H,28,30)(H,29,31)(H,33,34). The first kappa shape index (κ1) is 29.1. The number of rotatable bonds is 14. The number of aliphatic carboxylic acids is 1. The summed E-state index contributed by atoms with van der Waals surface area (Å²) in [5, 5.41) is 17.4. The van der Waals surface area contributed by atoms with Crippen LogP contribution in [0.25, 0.3) is 0 Å². The lowest BCUT2D eigenvalue weighted by Crippen LogP contribution is -2.59. The molecule has 0 saturated heterocycles. The van der Waals surface area contributed by atoms with Gasteiger partial charge in [0.1, 0.15) is 18.1 Å². The van der Waals surface area contributed by atoms with Crippen molar-refractivity contribution in [2.24, 2.45) is 23.5 Å². The molecular weight excluding hydrogens is 440 g/mol. The monoisotopic (exact) mass is 480 g/mol. The average molecular weight is 481 g/mol. The Balaban J connectivity index is 3.05. The maximum absolute atomic E-state index is 13.1. The molecule has 1 aromatic heterocycles. The third-order valence-corrected chi connectivity index (χ3v) is 5.70. The summed E-state index contributed by atoms with van der Waals surface area (Å²) in [6.45, 7) is 11.0. The Morgan fingerprint density at radius 1 is 1.00 bits per heavy atom. The summed E-state index contributed by atoms with van der Waals surface area (Å²) >= 11 is 0. The molecule has 0 spiro atoms. The number of nitrogens with one attached hydrogen (secondary N) is 4. The van der Waals surface area contributed by atoms with Crippen molar-refractivity contribution in [3.63, 3.8) is 0 Å². The second kappa shape index (κ2) is 13.7. The Morgan fingerprint density at radius 3 is 2.09 bits per heavy atom. The van der Waals surface area contributed by atoms with Gasteiger partial charge in [0.15, 0.2) is 0 Å². The molecule has 11 heteroatoms. The van der Waals surface area contributed by atoms with E-state index in [1.807, 2.05) is 20.8 Å². The Hall–Kier alpha value is -2.95. The van der Waals surface area contributed by atoms with Crippen LogP contribution in [0.1, 0.15) is 60.1 Å². The van der Waals surface area contributed by atoms with E-state index >= 15 is 0 Å². The normalized spacial score (nSPS) is 15.8. The molecule has 5 unspecified atom stereocenters. The van der Waals surface area contributed by atoms with Gasteiger partial charge in [-0.15, -0.1) is 0 Å². The Bertz CT molecular complexity index is 811. The van der Waals surface area contributed by atoms with Gasteiger partial charge in [0.25, 0.3) is 0 Å². The van der Waals surface area contributed by atoms with Crippen LogP contribution in [-0.2, 0) is 25.6 Å². The number of aromatic amines is 1. The first-order chi connectivity index (χ1) is 15.9. The second-order valence-corrected chi connectivity index (χ2v) is 9.52. The molecular formula is C23H40N6O5. The highest BCUT2D eigenvalue weighted by molar-refractivity contribution is 5.94. The van der Waals surface area contributed by atoms with E-state index in [2.05, 4.69) is 25.9 Å². The van der Waals surface area contributed by atoms with Crippen molar-refractivity contribution in [2.75, 3.05) is 0 Å². The van der Waals surface area contributed by atoms with Gasteiger partial charge >= 0.3 is 5.97 Å². The minimum atomic E-state index is -1.15. The average Bonchev–Trinajstić information content (AvgIpc) is 3.26. The Kier molecular flexibility index (Phi) is 11.7. The van der Waals surface area contributed by atoms with Crippen molar-refractivity contribution in [1.82, 2.24) is 25.9 Å². The molecule has 5 atom stereocenters. The number of H-pyrrole nitrogens is 1. The molecule has 11 nitrogen and oxygen atoms in total. The maximum atomic E-state index is 13.1. The first-order valence-corrected chi connectivity index (χ1v) is 11.7. The molecule has 1 aromatic rings. The van der Waals surface area contributed by atoms with Gasteiger partial charge in [-0.25, -0.2) is 9.78 Å². The van der Waals surface area contributed by atoms with Gasteiger partial charge in [0.2, 0.25) is 17.7 Å². The molecule has 1 heterocycles. The van der Waals surface area contributed by atoms with Crippen molar-refractivity contribution in [1.29, 1.82) is 0 Å². The van der Waals surface area contributed by atoms with Crippen LogP contribution in [0.4, 0.5) is 0 Å². The largest absolute Gasteiger partial charge is 0.480 e. The highest BCUT2D eigenvalue weighted by atomic mass is 16.4. The lowest BCUT2D eigenvalue weighted by atomic mass is 9.98. The number of hydrogen-bond acceptors (Lipinski definition) is 6. The maximum Gasteiger partial charge on any atom is 0.326 e. The molecule has 0 saturated carbocycles. The van der Waals surface area contributed by atoms with E-state index in [0.717, 1.165) is 0 Å². The highest BCUT2D eigenvalue weighted by Gasteiger charge is 2.33. The van der Waals surface area contributed by atoms with Crippen LogP contribution in [0.15, 0.2) is 12.5 Å². The molecule has 1 rings (SSSR count). The van der Waals surface area contributed by atoms with Gasteiger partial charge in [-0.2, -0.15) is 0 Å². The number of aromatic nitrogens is 2. The van der Waals surface area contributed by atoms with E-state index in [0.29, 0.717) is 18.5 Å². The second-order valence-electron chi connectivity index (χ2n) is 9.52. The predicted octanol–water partition coefficient (Wildman–Crippen LogP) is 0.567. The highest BCUT2D eigenvalue weighted by Crippen LogP contribution is 2.11. The molecule has 0 aliphatic rings. The van der Waals surface area contributed by atoms with Gasteiger partial charge in [-0.1, -0.05) is 48.0 Å². The van der Waals surface area contributed by atoms with E-state index < -0.39 is 47.9 Å².